The number of aromatic nitrogens is 2. The van der Waals surface area contributed by atoms with Crippen molar-refractivity contribution < 1.29 is 4.39 Å². The normalized spacial score (nSPS) is 10.8. The summed E-state index contributed by atoms with van der Waals surface area (Å²) in [6.07, 6.45) is 0. The van der Waals surface area contributed by atoms with E-state index >= 15 is 0 Å². The van der Waals surface area contributed by atoms with E-state index in [1.165, 1.54) is 12.1 Å². The summed E-state index contributed by atoms with van der Waals surface area (Å²) in [7, 11) is 0. The fourth-order valence-electron chi connectivity index (χ4n) is 2.10. The SMILES string of the molecule is Cc1nc2cc(-c3cccc(F)c3)ccc2c(=O)[nH]1. The Labute approximate surface area is 108 Å². The number of nitrogens with one attached hydrogen (secondary N) is 1. The molecular weight excluding hydrogens is 243 g/mol. The van der Waals surface area contributed by atoms with E-state index in [-0.39, 0.29) is 11.4 Å². The van der Waals surface area contributed by atoms with Gasteiger partial charge < -0.3 is 4.98 Å². The standard InChI is InChI=1S/C15H11FN2O/c1-9-17-14-8-11(5-6-13(14)15(19)18-9)10-3-2-4-12(16)7-10/h2-8H,1H3,(H,17,18,19). The first-order valence-corrected chi connectivity index (χ1v) is 5.90. The number of halogens is 1. The number of nitrogens with zero attached hydrogens (tertiary/aromatic N) is 1. The Morgan fingerprint density at radius 2 is 1.89 bits per heavy atom. The van der Waals surface area contributed by atoms with Crippen LogP contribution in [0.2, 0.25) is 0 Å². The molecule has 3 aromatic rings. The Morgan fingerprint density at radius 3 is 2.68 bits per heavy atom. The average Bonchev–Trinajstić information content (AvgIpc) is 2.37. The van der Waals surface area contributed by atoms with E-state index in [1.54, 1.807) is 31.2 Å². The predicted octanol–water partition coefficient (Wildman–Crippen LogP) is 3.04. The van der Waals surface area contributed by atoms with Crippen LogP contribution >= 0.6 is 0 Å². The summed E-state index contributed by atoms with van der Waals surface area (Å²) in [4.78, 5) is 18.7. The van der Waals surface area contributed by atoms with Crippen molar-refractivity contribution in [2.45, 2.75) is 6.92 Å². The van der Waals surface area contributed by atoms with E-state index in [9.17, 15) is 9.18 Å². The van der Waals surface area contributed by atoms with Gasteiger partial charge >= 0.3 is 0 Å². The summed E-state index contributed by atoms with van der Waals surface area (Å²) in [5.41, 5.74) is 2.06. The lowest BCUT2D eigenvalue weighted by Crippen LogP contribution is -2.09. The highest BCUT2D eigenvalue weighted by Crippen LogP contribution is 2.22. The van der Waals surface area contributed by atoms with Crippen molar-refractivity contribution in [1.82, 2.24) is 9.97 Å². The first kappa shape index (κ1) is 11.6. The van der Waals surface area contributed by atoms with Gasteiger partial charge in [0.05, 0.1) is 10.9 Å². The van der Waals surface area contributed by atoms with Gasteiger partial charge in [-0.1, -0.05) is 18.2 Å². The van der Waals surface area contributed by atoms with Crippen LogP contribution < -0.4 is 5.56 Å². The molecule has 3 nitrogen and oxygen atoms in total. The lowest BCUT2D eigenvalue weighted by atomic mass is 10.0. The van der Waals surface area contributed by atoms with Crippen molar-refractivity contribution in [2.75, 3.05) is 0 Å². The van der Waals surface area contributed by atoms with Gasteiger partial charge in [0.2, 0.25) is 0 Å². The van der Waals surface area contributed by atoms with Crippen molar-refractivity contribution in [1.29, 1.82) is 0 Å². The third-order valence-corrected chi connectivity index (χ3v) is 2.98. The molecule has 0 saturated carbocycles. The molecule has 1 aromatic heterocycles. The number of hydrogen-bond donors (Lipinski definition) is 1. The minimum absolute atomic E-state index is 0.159. The number of fused-ring (bicyclic) bond motifs is 1. The van der Waals surface area contributed by atoms with E-state index in [0.29, 0.717) is 16.7 Å². The smallest absolute Gasteiger partial charge is 0.258 e. The Bertz CT molecular complexity index is 824. The van der Waals surface area contributed by atoms with E-state index in [0.717, 1.165) is 11.1 Å². The summed E-state index contributed by atoms with van der Waals surface area (Å²) in [6, 6.07) is 11.6. The number of hydrogen-bond acceptors (Lipinski definition) is 2. The molecule has 1 heterocycles. The molecule has 94 valence electrons. The topological polar surface area (TPSA) is 45.8 Å². The van der Waals surface area contributed by atoms with Crippen molar-refractivity contribution in [3.8, 4) is 11.1 Å². The average molecular weight is 254 g/mol. The minimum atomic E-state index is -0.285. The fraction of sp³-hybridized carbons (Fsp3) is 0.0667. The summed E-state index contributed by atoms with van der Waals surface area (Å²) in [5.74, 6) is 0.279. The number of aromatic amines is 1. The first-order valence-electron chi connectivity index (χ1n) is 5.90. The number of benzene rings is 2. The van der Waals surface area contributed by atoms with Crippen LogP contribution in [0.25, 0.3) is 22.0 Å². The molecule has 1 N–H and O–H groups in total. The quantitative estimate of drug-likeness (QED) is 0.725. The van der Waals surface area contributed by atoms with Gasteiger partial charge in [-0.3, -0.25) is 4.79 Å². The maximum absolute atomic E-state index is 13.2. The number of H-pyrrole nitrogens is 1. The molecule has 0 atom stereocenters. The molecule has 0 aliphatic heterocycles. The first-order chi connectivity index (χ1) is 9.13. The highest BCUT2D eigenvalue weighted by Gasteiger charge is 2.05. The van der Waals surface area contributed by atoms with Gasteiger partial charge in [0.1, 0.15) is 11.6 Å². The molecule has 0 unspecified atom stereocenters. The van der Waals surface area contributed by atoms with E-state index < -0.39 is 0 Å². The second-order valence-electron chi connectivity index (χ2n) is 4.39. The Morgan fingerprint density at radius 1 is 1.11 bits per heavy atom. The minimum Gasteiger partial charge on any atom is -0.310 e. The van der Waals surface area contributed by atoms with Gasteiger partial charge in [0.25, 0.3) is 5.56 Å². The van der Waals surface area contributed by atoms with Crippen LogP contribution in [0.5, 0.6) is 0 Å². The van der Waals surface area contributed by atoms with Crippen LogP contribution in [0.1, 0.15) is 5.82 Å². The Kier molecular flexibility index (Phi) is 2.63. The summed E-state index contributed by atoms with van der Waals surface area (Å²) >= 11 is 0. The zero-order valence-electron chi connectivity index (χ0n) is 10.3. The van der Waals surface area contributed by atoms with Crippen LogP contribution in [0.3, 0.4) is 0 Å². The highest BCUT2D eigenvalue weighted by atomic mass is 19.1. The van der Waals surface area contributed by atoms with E-state index in [1.807, 2.05) is 6.07 Å². The van der Waals surface area contributed by atoms with Gasteiger partial charge in [-0.15, -0.1) is 0 Å². The molecule has 0 spiro atoms. The molecule has 0 aliphatic carbocycles. The fourth-order valence-corrected chi connectivity index (χ4v) is 2.10. The Hall–Kier alpha value is -2.49. The third kappa shape index (κ3) is 2.12. The second kappa shape index (κ2) is 4.31. The van der Waals surface area contributed by atoms with Crippen LogP contribution in [0, 0.1) is 12.7 Å². The van der Waals surface area contributed by atoms with Gasteiger partial charge in [-0.05, 0) is 42.3 Å². The molecular formula is C15H11FN2O. The molecule has 0 saturated heterocycles. The number of rotatable bonds is 1. The molecule has 19 heavy (non-hydrogen) atoms. The van der Waals surface area contributed by atoms with Crippen molar-refractivity contribution >= 4 is 10.9 Å². The molecule has 0 radical (unpaired) electrons. The summed E-state index contributed by atoms with van der Waals surface area (Å²) in [6.45, 7) is 1.73. The van der Waals surface area contributed by atoms with Crippen LogP contribution in [-0.2, 0) is 0 Å². The van der Waals surface area contributed by atoms with Crippen LogP contribution in [-0.4, -0.2) is 9.97 Å². The molecule has 0 bridgehead atoms. The molecule has 0 aliphatic rings. The monoisotopic (exact) mass is 254 g/mol. The molecule has 4 heteroatoms. The van der Waals surface area contributed by atoms with Crippen molar-refractivity contribution in [3.63, 3.8) is 0 Å². The van der Waals surface area contributed by atoms with Crippen molar-refractivity contribution in [2.24, 2.45) is 0 Å². The van der Waals surface area contributed by atoms with Gasteiger partial charge in [0, 0.05) is 0 Å². The largest absolute Gasteiger partial charge is 0.310 e. The van der Waals surface area contributed by atoms with E-state index in [4.69, 9.17) is 0 Å². The van der Waals surface area contributed by atoms with Gasteiger partial charge in [0.15, 0.2) is 0 Å². The lowest BCUT2D eigenvalue weighted by Gasteiger charge is -2.04. The predicted molar refractivity (Wildman–Crippen MR) is 72.5 cm³/mol. The molecule has 0 fully saturated rings. The molecule has 0 amide bonds. The van der Waals surface area contributed by atoms with Gasteiger partial charge in [-0.25, -0.2) is 9.37 Å². The van der Waals surface area contributed by atoms with E-state index in [2.05, 4.69) is 9.97 Å². The van der Waals surface area contributed by atoms with Crippen molar-refractivity contribution in [3.05, 3.63) is 64.5 Å². The maximum atomic E-state index is 13.2. The second-order valence-corrected chi connectivity index (χ2v) is 4.39. The van der Waals surface area contributed by atoms with Crippen LogP contribution in [0.15, 0.2) is 47.3 Å². The zero-order valence-corrected chi connectivity index (χ0v) is 10.3. The number of aryl methyl sites for hydroxylation is 1. The maximum Gasteiger partial charge on any atom is 0.258 e. The Balaban J connectivity index is 2.24. The third-order valence-electron chi connectivity index (χ3n) is 2.98. The summed E-state index contributed by atoms with van der Waals surface area (Å²) < 4.78 is 13.2. The molecule has 3 rings (SSSR count). The lowest BCUT2D eigenvalue weighted by molar-refractivity contribution is 0.628. The summed E-state index contributed by atoms with van der Waals surface area (Å²) in [5, 5.41) is 0.533. The molecule has 2 aromatic carbocycles. The van der Waals surface area contributed by atoms with Crippen LogP contribution in [0.4, 0.5) is 4.39 Å². The highest BCUT2D eigenvalue weighted by molar-refractivity contribution is 5.83. The van der Waals surface area contributed by atoms with Gasteiger partial charge in [-0.2, -0.15) is 0 Å². The zero-order chi connectivity index (χ0) is 13.4.